The van der Waals surface area contributed by atoms with Crippen LogP contribution in [-0.2, 0) is 14.0 Å². The van der Waals surface area contributed by atoms with Crippen molar-refractivity contribution in [1.29, 1.82) is 0 Å². The van der Waals surface area contributed by atoms with Gasteiger partial charge in [-0.15, -0.1) is 0 Å². The highest BCUT2D eigenvalue weighted by atomic mass is 28.4. The second-order valence-corrected chi connectivity index (χ2v) is 14.8. The molecule has 0 saturated heterocycles. The van der Waals surface area contributed by atoms with Gasteiger partial charge in [-0.1, -0.05) is 101 Å². The van der Waals surface area contributed by atoms with E-state index in [0.29, 0.717) is 6.61 Å². The van der Waals surface area contributed by atoms with Gasteiger partial charge >= 0.3 is 5.97 Å². The summed E-state index contributed by atoms with van der Waals surface area (Å²) in [4.78, 5) is 12.0. The number of carbonyl (C=O) groups excluding carboxylic acids is 1. The zero-order chi connectivity index (χ0) is 23.2. The summed E-state index contributed by atoms with van der Waals surface area (Å²) >= 11 is 0. The van der Waals surface area contributed by atoms with Crippen molar-refractivity contribution >= 4 is 24.7 Å². The van der Waals surface area contributed by atoms with E-state index in [1.165, 1.54) is 10.4 Å². The number of hydrogen-bond donors (Lipinski definition) is 0. The maximum Gasteiger partial charge on any atom is 0.309 e. The fourth-order valence-corrected chi connectivity index (χ4v) is 9.69. The van der Waals surface area contributed by atoms with Crippen molar-refractivity contribution in [3.8, 4) is 0 Å². The lowest BCUT2D eigenvalue weighted by molar-refractivity contribution is -0.145. The lowest BCUT2D eigenvalue weighted by Gasteiger charge is -2.43. The summed E-state index contributed by atoms with van der Waals surface area (Å²) in [6.45, 7) is 12.3. The van der Waals surface area contributed by atoms with E-state index in [2.05, 4.69) is 88.4 Å². The summed E-state index contributed by atoms with van der Waals surface area (Å²) in [7, 11) is -2.43. The SMILES string of the molecule is CCOC(=O)[C@H]1CC1(C)CCCCCO[Si](c1ccccc1)(c1ccccc1)C(C)(C)C. The predicted octanol–water partition coefficient (Wildman–Crippen LogP) is 5.71. The van der Waals surface area contributed by atoms with Gasteiger partial charge in [0.25, 0.3) is 8.32 Å². The molecule has 0 bridgehead atoms. The van der Waals surface area contributed by atoms with Crippen molar-refractivity contribution in [2.24, 2.45) is 11.3 Å². The number of unbranched alkanes of at least 4 members (excludes halogenated alkanes) is 2. The topological polar surface area (TPSA) is 35.5 Å². The van der Waals surface area contributed by atoms with Crippen LogP contribution in [0.25, 0.3) is 0 Å². The molecule has 1 unspecified atom stereocenters. The molecule has 0 radical (unpaired) electrons. The second-order valence-electron chi connectivity index (χ2n) is 10.5. The van der Waals surface area contributed by atoms with Crippen molar-refractivity contribution in [2.75, 3.05) is 13.2 Å². The first kappa shape index (κ1) is 24.7. The number of ether oxygens (including phenoxy) is 1. The van der Waals surface area contributed by atoms with Crippen LogP contribution in [0.5, 0.6) is 0 Å². The molecule has 3 nitrogen and oxygen atoms in total. The molecule has 1 saturated carbocycles. The van der Waals surface area contributed by atoms with E-state index in [1.807, 2.05) is 6.92 Å². The molecule has 1 aliphatic carbocycles. The summed E-state index contributed by atoms with van der Waals surface area (Å²) in [5.74, 6) is 0.0980. The second kappa shape index (κ2) is 10.3. The third-order valence-corrected chi connectivity index (χ3v) is 12.1. The summed E-state index contributed by atoms with van der Waals surface area (Å²) < 4.78 is 12.2. The smallest absolute Gasteiger partial charge is 0.309 e. The van der Waals surface area contributed by atoms with Crippen molar-refractivity contribution in [3.05, 3.63) is 60.7 Å². The Morgan fingerprint density at radius 1 is 0.969 bits per heavy atom. The van der Waals surface area contributed by atoms with E-state index >= 15 is 0 Å². The molecule has 0 spiro atoms. The Bertz CT molecular complexity index is 820. The average Bonchev–Trinajstić information content (AvgIpc) is 3.45. The molecule has 0 amide bonds. The van der Waals surface area contributed by atoms with E-state index in [9.17, 15) is 4.79 Å². The van der Waals surface area contributed by atoms with Crippen LogP contribution in [0, 0.1) is 11.3 Å². The third kappa shape index (κ3) is 5.35. The van der Waals surface area contributed by atoms with Gasteiger partial charge in [0.2, 0.25) is 0 Å². The lowest BCUT2D eigenvalue weighted by atomic mass is 9.98. The first-order valence-corrected chi connectivity index (χ1v) is 14.1. The number of esters is 1. The van der Waals surface area contributed by atoms with Crippen molar-refractivity contribution in [1.82, 2.24) is 0 Å². The molecule has 0 N–H and O–H groups in total. The number of rotatable bonds is 11. The molecule has 32 heavy (non-hydrogen) atoms. The van der Waals surface area contributed by atoms with Gasteiger partial charge in [0, 0.05) is 6.61 Å². The van der Waals surface area contributed by atoms with E-state index in [-0.39, 0.29) is 22.3 Å². The van der Waals surface area contributed by atoms with Crippen LogP contribution in [0.3, 0.4) is 0 Å². The normalized spacial score (nSPS) is 20.7. The molecule has 1 fully saturated rings. The molecular formula is C28H40O3Si. The van der Waals surface area contributed by atoms with Crippen LogP contribution < -0.4 is 10.4 Å². The molecule has 2 aromatic carbocycles. The average molecular weight is 453 g/mol. The molecule has 0 heterocycles. The minimum Gasteiger partial charge on any atom is -0.466 e. The van der Waals surface area contributed by atoms with Gasteiger partial charge < -0.3 is 9.16 Å². The molecule has 2 aromatic rings. The Hall–Kier alpha value is -1.91. The number of benzene rings is 2. The maximum absolute atomic E-state index is 12.0. The van der Waals surface area contributed by atoms with Crippen LogP contribution >= 0.6 is 0 Å². The molecule has 2 atom stereocenters. The first-order valence-electron chi connectivity index (χ1n) is 12.2. The van der Waals surface area contributed by atoms with E-state index in [0.717, 1.165) is 38.7 Å². The summed E-state index contributed by atoms with van der Waals surface area (Å²) in [5.41, 5.74) is 0.144. The molecule has 1 aliphatic rings. The quantitative estimate of drug-likeness (QED) is 0.249. The van der Waals surface area contributed by atoms with Gasteiger partial charge in [-0.2, -0.15) is 0 Å². The molecule has 4 heteroatoms. The van der Waals surface area contributed by atoms with Gasteiger partial charge in [0.15, 0.2) is 0 Å². The molecular weight excluding hydrogens is 412 g/mol. The molecule has 3 rings (SSSR count). The minimum atomic E-state index is -2.43. The fraction of sp³-hybridized carbons (Fsp3) is 0.536. The first-order chi connectivity index (χ1) is 15.2. The summed E-state index contributed by atoms with van der Waals surface area (Å²) in [6, 6.07) is 21.7. The molecule has 0 aliphatic heterocycles. The number of hydrogen-bond acceptors (Lipinski definition) is 3. The maximum atomic E-state index is 12.0. The largest absolute Gasteiger partial charge is 0.466 e. The minimum absolute atomic E-state index is 0.00924. The van der Waals surface area contributed by atoms with Crippen LogP contribution in [0.1, 0.15) is 66.7 Å². The van der Waals surface area contributed by atoms with Crippen LogP contribution in [-0.4, -0.2) is 27.5 Å². The van der Waals surface area contributed by atoms with Crippen LogP contribution in [0.15, 0.2) is 60.7 Å². The predicted molar refractivity (Wildman–Crippen MR) is 135 cm³/mol. The van der Waals surface area contributed by atoms with Crippen molar-refractivity contribution in [2.45, 2.75) is 71.8 Å². The van der Waals surface area contributed by atoms with Crippen LogP contribution in [0.2, 0.25) is 5.04 Å². The Morgan fingerprint density at radius 3 is 2.03 bits per heavy atom. The Labute approximate surface area is 195 Å². The summed E-state index contributed by atoms with van der Waals surface area (Å²) in [6.07, 6.45) is 5.38. The third-order valence-electron chi connectivity index (χ3n) is 7.05. The highest BCUT2D eigenvalue weighted by molar-refractivity contribution is 6.99. The zero-order valence-electron chi connectivity index (χ0n) is 20.5. The Morgan fingerprint density at radius 2 is 1.53 bits per heavy atom. The highest BCUT2D eigenvalue weighted by Gasteiger charge is 2.54. The summed E-state index contributed by atoms with van der Waals surface area (Å²) in [5, 5.41) is 2.69. The molecule has 174 valence electrons. The van der Waals surface area contributed by atoms with Gasteiger partial charge in [-0.05, 0) is 47.0 Å². The molecule has 0 aromatic heterocycles. The Kier molecular flexibility index (Phi) is 8.00. The lowest BCUT2D eigenvalue weighted by Crippen LogP contribution is -2.66. The fourth-order valence-electron chi connectivity index (χ4n) is 5.09. The van der Waals surface area contributed by atoms with E-state index < -0.39 is 8.32 Å². The highest BCUT2D eigenvalue weighted by Crippen LogP contribution is 2.56. The van der Waals surface area contributed by atoms with E-state index in [1.54, 1.807) is 0 Å². The van der Waals surface area contributed by atoms with Gasteiger partial charge in [-0.3, -0.25) is 4.79 Å². The number of carbonyl (C=O) groups is 1. The monoisotopic (exact) mass is 452 g/mol. The van der Waals surface area contributed by atoms with E-state index in [4.69, 9.17) is 9.16 Å². The van der Waals surface area contributed by atoms with Crippen molar-refractivity contribution in [3.63, 3.8) is 0 Å². The zero-order valence-corrected chi connectivity index (χ0v) is 21.5. The van der Waals surface area contributed by atoms with Gasteiger partial charge in [0.1, 0.15) is 0 Å². The Balaban J connectivity index is 1.62. The van der Waals surface area contributed by atoms with Gasteiger partial charge in [0.05, 0.1) is 12.5 Å². The van der Waals surface area contributed by atoms with Gasteiger partial charge in [-0.25, -0.2) is 0 Å². The van der Waals surface area contributed by atoms with Crippen molar-refractivity contribution < 1.29 is 14.0 Å². The standard InChI is InChI=1S/C28H40O3Si/c1-6-30-26(29)25-22-28(25,5)20-14-9-15-21-31-32(27(2,3)4,23-16-10-7-11-17-23)24-18-12-8-13-19-24/h7-8,10-13,16-19,25H,6,9,14-15,20-22H2,1-5H3/t25-,28?/m1/s1. The van der Waals surface area contributed by atoms with Crippen LogP contribution in [0.4, 0.5) is 0 Å².